The van der Waals surface area contributed by atoms with Gasteiger partial charge in [0.15, 0.2) is 11.8 Å². The van der Waals surface area contributed by atoms with Crippen molar-refractivity contribution in [2.75, 3.05) is 5.32 Å². The molecule has 0 saturated carbocycles. The van der Waals surface area contributed by atoms with Crippen LogP contribution in [0.25, 0.3) is 16.4 Å². The summed E-state index contributed by atoms with van der Waals surface area (Å²) < 4.78 is 7.10. The highest BCUT2D eigenvalue weighted by atomic mass is 16.5. The lowest BCUT2D eigenvalue weighted by Gasteiger charge is -2.13. The molecule has 28 heavy (non-hydrogen) atoms. The molecule has 0 spiro atoms. The summed E-state index contributed by atoms with van der Waals surface area (Å²) >= 11 is 0. The monoisotopic (exact) mass is 373 g/mol. The number of amides is 1. The smallest absolute Gasteiger partial charge is 0.359 e. The van der Waals surface area contributed by atoms with Crippen molar-refractivity contribution in [3.63, 3.8) is 0 Å². The van der Waals surface area contributed by atoms with Gasteiger partial charge in [-0.15, -0.1) is 0 Å². The van der Waals surface area contributed by atoms with E-state index in [1.54, 1.807) is 16.7 Å². The van der Waals surface area contributed by atoms with Crippen molar-refractivity contribution >= 4 is 34.0 Å². The van der Waals surface area contributed by atoms with E-state index in [9.17, 15) is 9.59 Å². The van der Waals surface area contributed by atoms with Gasteiger partial charge in [0, 0.05) is 17.6 Å². The molecule has 0 unspecified atom stereocenters. The Kier molecular flexibility index (Phi) is 4.53. The number of ether oxygens (including phenoxy) is 1. The summed E-state index contributed by atoms with van der Waals surface area (Å²) in [5, 5.41) is 4.89. The third-order valence-corrected chi connectivity index (χ3v) is 4.58. The summed E-state index contributed by atoms with van der Waals surface area (Å²) in [6, 6.07) is 19.1. The molecule has 0 fully saturated rings. The van der Waals surface area contributed by atoms with Crippen molar-refractivity contribution in [2.45, 2.75) is 20.0 Å². The largest absolute Gasteiger partial charge is 0.448 e. The standard InChI is InChI=1S/C22H19N3O3/c1-14-6-5-9-20-24-19(13-25(14)20)22(27)28-15(2)21(26)23-18-11-10-16-7-3-4-8-17(16)12-18/h3-13,15H,1-2H3,(H,23,26)/t15-/m0/s1. The van der Waals surface area contributed by atoms with E-state index < -0.39 is 18.0 Å². The van der Waals surface area contributed by atoms with Crippen molar-refractivity contribution in [1.82, 2.24) is 9.38 Å². The molecular formula is C22H19N3O3. The predicted octanol–water partition coefficient (Wildman–Crippen LogP) is 3.98. The number of aromatic nitrogens is 2. The summed E-state index contributed by atoms with van der Waals surface area (Å²) in [5.41, 5.74) is 2.42. The highest BCUT2D eigenvalue weighted by Crippen LogP contribution is 2.19. The summed E-state index contributed by atoms with van der Waals surface area (Å²) in [7, 11) is 0. The Balaban J connectivity index is 1.45. The number of nitrogens with one attached hydrogen (secondary N) is 1. The maximum absolute atomic E-state index is 12.4. The van der Waals surface area contributed by atoms with E-state index in [-0.39, 0.29) is 5.69 Å². The first-order valence-electron chi connectivity index (χ1n) is 8.96. The van der Waals surface area contributed by atoms with Gasteiger partial charge in [-0.05, 0) is 48.9 Å². The minimum Gasteiger partial charge on any atom is -0.448 e. The molecule has 2 aromatic heterocycles. The van der Waals surface area contributed by atoms with Gasteiger partial charge in [0.1, 0.15) is 5.65 Å². The number of hydrogen-bond acceptors (Lipinski definition) is 4. The number of carbonyl (C=O) groups excluding carboxylic acids is 2. The predicted molar refractivity (Wildman–Crippen MR) is 107 cm³/mol. The zero-order valence-corrected chi connectivity index (χ0v) is 15.5. The topological polar surface area (TPSA) is 72.7 Å². The fourth-order valence-electron chi connectivity index (χ4n) is 3.03. The van der Waals surface area contributed by atoms with Crippen LogP contribution in [0.1, 0.15) is 23.1 Å². The van der Waals surface area contributed by atoms with E-state index in [0.29, 0.717) is 11.3 Å². The first-order valence-corrected chi connectivity index (χ1v) is 8.96. The van der Waals surface area contributed by atoms with Crippen molar-refractivity contribution < 1.29 is 14.3 Å². The molecule has 4 rings (SSSR count). The average molecular weight is 373 g/mol. The number of aryl methyl sites for hydroxylation is 1. The highest BCUT2D eigenvalue weighted by Gasteiger charge is 2.21. The van der Waals surface area contributed by atoms with E-state index >= 15 is 0 Å². The number of rotatable bonds is 4. The second-order valence-corrected chi connectivity index (χ2v) is 6.62. The molecule has 0 aliphatic carbocycles. The fraction of sp³-hybridized carbons (Fsp3) is 0.136. The Morgan fingerprint density at radius 3 is 2.61 bits per heavy atom. The molecule has 0 aliphatic rings. The van der Waals surface area contributed by atoms with Gasteiger partial charge in [0.05, 0.1) is 0 Å². The molecule has 0 radical (unpaired) electrons. The Morgan fingerprint density at radius 2 is 1.82 bits per heavy atom. The minimum atomic E-state index is -0.954. The molecule has 1 amide bonds. The van der Waals surface area contributed by atoms with Crippen LogP contribution in [-0.2, 0) is 9.53 Å². The van der Waals surface area contributed by atoms with Crippen molar-refractivity contribution in [1.29, 1.82) is 0 Å². The first-order chi connectivity index (χ1) is 13.5. The number of imidazole rings is 1. The Hall–Kier alpha value is -3.67. The van der Waals surface area contributed by atoms with Crippen LogP contribution < -0.4 is 5.32 Å². The van der Waals surface area contributed by atoms with E-state index in [4.69, 9.17) is 4.74 Å². The van der Waals surface area contributed by atoms with Gasteiger partial charge in [-0.1, -0.05) is 36.4 Å². The van der Waals surface area contributed by atoms with Gasteiger partial charge >= 0.3 is 5.97 Å². The van der Waals surface area contributed by atoms with Crippen LogP contribution in [0.3, 0.4) is 0 Å². The van der Waals surface area contributed by atoms with Crippen molar-refractivity contribution in [3.05, 3.63) is 78.2 Å². The molecule has 6 nitrogen and oxygen atoms in total. The van der Waals surface area contributed by atoms with E-state index in [1.807, 2.05) is 61.5 Å². The van der Waals surface area contributed by atoms with Gasteiger partial charge in [-0.2, -0.15) is 0 Å². The molecule has 0 bridgehead atoms. The highest BCUT2D eigenvalue weighted by molar-refractivity contribution is 5.98. The minimum absolute atomic E-state index is 0.166. The maximum Gasteiger partial charge on any atom is 0.359 e. The van der Waals surface area contributed by atoms with Gasteiger partial charge in [-0.25, -0.2) is 9.78 Å². The number of benzene rings is 2. The molecule has 1 N–H and O–H groups in total. The number of nitrogens with zero attached hydrogens (tertiary/aromatic N) is 2. The number of hydrogen-bond donors (Lipinski definition) is 1. The van der Waals surface area contributed by atoms with E-state index in [2.05, 4.69) is 10.3 Å². The lowest BCUT2D eigenvalue weighted by atomic mass is 10.1. The lowest BCUT2D eigenvalue weighted by molar-refractivity contribution is -0.123. The number of fused-ring (bicyclic) bond motifs is 2. The molecule has 140 valence electrons. The van der Waals surface area contributed by atoms with Crippen LogP contribution in [0.15, 0.2) is 66.9 Å². The molecule has 2 heterocycles. The molecule has 1 atom stereocenters. The molecular weight excluding hydrogens is 354 g/mol. The molecule has 0 aliphatic heterocycles. The van der Waals surface area contributed by atoms with Gasteiger partial charge in [-0.3, -0.25) is 4.79 Å². The molecule has 4 aromatic rings. The Bertz CT molecular complexity index is 1200. The summed E-state index contributed by atoms with van der Waals surface area (Å²) in [6.07, 6.45) is 0.658. The summed E-state index contributed by atoms with van der Waals surface area (Å²) in [6.45, 7) is 3.46. The second-order valence-electron chi connectivity index (χ2n) is 6.62. The summed E-state index contributed by atoms with van der Waals surface area (Å²) in [5.74, 6) is -1.03. The molecule has 0 saturated heterocycles. The SMILES string of the molecule is Cc1cccc2nc(C(=O)O[C@@H](C)C(=O)Nc3ccc4ccccc4c3)cn12. The van der Waals surface area contributed by atoms with Crippen LogP contribution in [0.4, 0.5) is 5.69 Å². The average Bonchev–Trinajstić information content (AvgIpc) is 3.14. The van der Waals surface area contributed by atoms with Crippen LogP contribution >= 0.6 is 0 Å². The van der Waals surface area contributed by atoms with Gasteiger partial charge < -0.3 is 14.5 Å². The van der Waals surface area contributed by atoms with Crippen molar-refractivity contribution in [2.24, 2.45) is 0 Å². The lowest BCUT2D eigenvalue weighted by Crippen LogP contribution is -2.30. The first kappa shape index (κ1) is 17.7. The fourth-order valence-corrected chi connectivity index (χ4v) is 3.03. The van der Waals surface area contributed by atoms with E-state index in [1.165, 1.54) is 6.92 Å². The second kappa shape index (κ2) is 7.15. The van der Waals surface area contributed by atoms with Crippen LogP contribution in [-0.4, -0.2) is 27.4 Å². The third kappa shape index (κ3) is 3.44. The van der Waals surface area contributed by atoms with E-state index in [0.717, 1.165) is 16.5 Å². The number of anilines is 1. The number of esters is 1. The third-order valence-electron chi connectivity index (χ3n) is 4.58. The Morgan fingerprint density at radius 1 is 1.04 bits per heavy atom. The van der Waals surface area contributed by atoms with Crippen LogP contribution in [0.2, 0.25) is 0 Å². The van der Waals surface area contributed by atoms with Gasteiger partial charge in [0.2, 0.25) is 0 Å². The van der Waals surface area contributed by atoms with Crippen LogP contribution in [0, 0.1) is 6.92 Å². The quantitative estimate of drug-likeness (QED) is 0.549. The normalized spacial score (nSPS) is 12.1. The molecule has 2 aromatic carbocycles. The zero-order chi connectivity index (χ0) is 19.7. The maximum atomic E-state index is 12.4. The van der Waals surface area contributed by atoms with Crippen LogP contribution in [0.5, 0.6) is 0 Å². The van der Waals surface area contributed by atoms with Gasteiger partial charge in [0.25, 0.3) is 5.91 Å². The number of pyridine rings is 1. The van der Waals surface area contributed by atoms with Crippen molar-refractivity contribution in [3.8, 4) is 0 Å². The number of carbonyl (C=O) groups is 2. The summed E-state index contributed by atoms with van der Waals surface area (Å²) in [4.78, 5) is 29.1. The zero-order valence-electron chi connectivity index (χ0n) is 15.5. The molecule has 6 heteroatoms. The Labute approximate surface area is 161 Å².